The van der Waals surface area contributed by atoms with E-state index in [1.807, 2.05) is 51.1 Å². The molecule has 1 aliphatic heterocycles. The second-order valence-corrected chi connectivity index (χ2v) is 10.2. The van der Waals surface area contributed by atoms with Gasteiger partial charge in [0.25, 0.3) is 0 Å². The summed E-state index contributed by atoms with van der Waals surface area (Å²) in [6.45, 7) is 5.47. The van der Waals surface area contributed by atoms with Gasteiger partial charge in [-0.05, 0) is 63.8 Å². The van der Waals surface area contributed by atoms with Gasteiger partial charge in [0.1, 0.15) is 17.1 Å². The highest BCUT2D eigenvalue weighted by atomic mass is 19.4. The van der Waals surface area contributed by atoms with Crippen LogP contribution in [0.1, 0.15) is 69.5 Å². The molecular weight excluding hydrogens is 463 g/mol. The van der Waals surface area contributed by atoms with E-state index >= 15 is 0 Å². The monoisotopic (exact) mass is 493 g/mol. The molecule has 1 saturated heterocycles. The van der Waals surface area contributed by atoms with Gasteiger partial charge in [-0.15, -0.1) is 13.2 Å². The Balaban J connectivity index is 1.67. The van der Waals surface area contributed by atoms with E-state index in [1.54, 1.807) is 0 Å². The van der Waals surface area contributed by atoms with Gasteiger partial charge in [0.2, 0.25) is 0 Å². The molecule has 2 aromatic carbocycles. The quantitative estimate of drug-likeness (QED) is 0.515. The lowest BCUT2D eigenvalue weighted by molar-refractivity contribution is -0.274. The van der Waals surface area contributed by atoms with Crippen molar-refractivity contribution in [3.63, 3.8) is 0 Å². The summed E-state index contributed by atoms with van der Waals surface area (Å²) >= 11 is 0. The minimum absolute atomic E-state index is 0.173. The molecule has 2 aliphatic rings. The minimum atomic E-state index is -4.85. The Hall–Kier alpha value is -2.78. The van der Waals surface area contributed by atoms with Crippen LogP contribution in [0.5, 0.6) is 11.5 Å². The number of ether oxygens (including phenoxy) is 2. The summed E-state index contributed by atoms with van der Waals surface area (Å²) in [6.07, 6.45) is -2.53. The number of carbonyl (C=O) groups is 1. The summed E-state index contributed by atoms with van der Waals surface area (Å²) in [6, 6.07) is 12.4. The second kappa shape index (κ2) is 9.35. The average Bonchev–Trinajstić information content (AvgIpc) is 3.17. The number of hydrogen-bond donors (Lipinski definition) is 2. The fourth-order valence-electron chi connectivity index (χ4n) is 5.28. The molecule has 2 fully saturated rings. The molecule has 190 valence electrons. The minimum Gasteiger partial charge on any atom is -0.508 e. The molecule has 4 rings (SSSR count). The summed E-state index contributed by atoms with van der Waals surface area (Å²) < 4.78 is 48.0. The van der Waals surface area contributed by atoms with Crippen molar-refractivity contribution in [1.82, 2.24) is 5.48 Å². The van der Waals surface area contributed by atoms with Crippen molar-refractivity contribution in [1.29, 1.82) is 0 Å². The molecule has 4 atom stereocenters. The van der Waals surface area contributed by atoms with Crippen molar-refractivity contribution in [2.24, 2.45) is 5.92 Å². The number of aromatic hydroxyl groups is 1. The van der Waals surface area contributed by atoms with E-state index in [9.17, 15) is 23.1 Å². The third-order valence-corrected chi connectivity index (χ3v) is 6.51. The van der Waals surface area contributed by atoms with E-state index in [-0.39, 0.29) is 23.2 Å². The molecule has 2 N–H and O–H groups in total. The maximum absolute atomic E-state index is 13.3. The summed E-state index contributed by atoms with van der Waals surface area (Å²) in [7, 11) is 0. The number of esters is 1. The van der Waals surface area contributed by atoms with Crippen LogP contribution in [0.3, 0.4) is 0 Å². The van der Waals surface area contributed by atoms with Gasteiger partial charge in [-0.1, -0.05) is 30.3 Å². The smallest absolute Gasteiger partial charge is 0.508 e. The number of nitrogens with one attached hydrogen (secondary N) is 1. The van der Waals surface area contributed by atoms with Crippen LogP contribution in [0.2, 0.25) is 0 Å². The van der Waals surface area contributed by atoms with Crippen molar-refractivity contribution < 1.29 is 37.4 Å². The fraction of sp³-hybridized carbons (Fsp3) is 0.500. The van der Waals surface area contributed by atoms with Gasteiger partial charge in [0.05, 0.1) is 17.6 Å². The van der Waals surface area contributed by atoms with Crippen molar-refractivity contribution in [3.05, 3.63) is 59.7 Å². The predicted octanol–water partition coefficient (Wildman–Crippen LogP) is 5.92. The van der Waals surface area contributed by atoms with E-state index in [1.165, 1.54) is 6.07 Å². The van der Waals surface area contributed by atoms with Crippen molar-refractivity contribution >= 4 is 5.97 Å². The Morgan fingerprint density at radius 3 is 2.51 bits per heavy atom. The van der Waals surface area contributed by atoms with Crippen molar-refractivity contribution in [3.8, 4) is 11.5 Å². The maximum Gasteiger partial charge on any atom is 0.573 e. The first kappa shape index (κ1) is 25.3. The molecular formula is C26H30F3NO5. The van der Waals surface area contributed by atoms with Gasteiger partial charge in [-0.25, -0.2) is 0 Å². The molecule has 1 aliphatic carbocycles. The first-order valence-electron chi connectivity index (χ1n) is 11.7. The first-order valence-corrected chi connectivity index (χ1v) is 11.7. The highest BCUT2D eigenvalue weighted by Gasteiger charge is 2.55. The maximum atomic E-state index is 13.3. The molecule has 6 nitrogen and oxygen atoms in total. The lowest BCUT2D eigenvalue weighted by Crippen LogP contribution is -2.47. The second-order valence-electron chi connectivity index (χ2n) is 10.2. The van der Waals surface area contributed by atoms with E-state index in [4.69, 9.17) is 9.57 Å². The van der Waals surface area contributed by atoms with Crippen LogP contribution in [0, 0.1) is 5.92 Å². The normalized spacial score (nSPS) is 27.1. The van der Waals surface area contributed by atoms with Gasteiger partial charge in [-0.2, -0.15) is 5.48 Å². The molecule has 35 heavy (non-hydrogen) atoms. The number of alkyl halides is 3. The fourth-order valence-corrected chi connectivity index (χ4v) is 5.28. The highest BCUT2D eigenvalue weighted by molar-refractivity contribution is 5.75. The molecule has 0 radical (unpaired) electrons. The Labute approximate surface area is 202 Å². The van der Waals surface area contributed by atoms with E-state index in [2.05, 4.69) is 10.2 Å². The third kappa shape index (κ3) is 5.73. The van der Waals surface area contributed by atoms with Crippen LogP contribution in [0.4, 0.5) is 13.2 Å². The number of carbonyl (C=O) groups excluding carboxylic acids is 1. The lowest BCUT2D eigenvalue weighted by atomic mass is 9.64. The third-order valence-electron chi connectivity index (χ3n) is 6.51. The van der Waals surface area contributed by atoms with Crippen LogP contribution in [0.25, 0.3) is 0 Å². The number of rotatable bonds is 4. The predicted molar refractivity (Wildman–Crippen MR) is 121 cm³/mol. The molecule has 1 saturated carbocycles. The molecule has 0 bridgehead atoms. The first-order chi connectivity index (χ1) is 16.4. The van der Waals surface area contributed by atoms with Gasteiger partial charge < -0.3 is 14.6 Å². The standard InChI is InChI=1S/C26H30F3NO5/c1-24(2,3)34-23(32)18-10-7-13-25(22(18)16-8-5-4-6-9-16)15-20(30-35-25)19-14-17(11-12-21(19)31)33-26(27,28)29/h4-6,8-9,11-12,14,18,20,22,30-31H,7,10,13,15H2,1-3H3/t18?,20-,22-,25-/m1/s1. The Kier molecular flexibility index (Phi) is 6.76. The largest absolute Gasteiger partial charge is 0.573 e. The molecule has 1 unspecified atom stereocenters. The van der Waals surface area contributed by atoms with Crippen LogP contribution in [-0.2, 0) is 14.4 Å². The number of phenolic OH excluding ortho intramolecular Hbond substituents is 1. The molecule has 0 amide bonds. The molecule has 1 heterocycles. The van der Waals surface area contributed by atoms with E-state index in [0.717, 1.165) is 17.7 Å². The van der Waals surface area contributed by atoms with Gasteiger partial charge >= 0.3 is 12.3 Å². The highest BCUT2D eigenvalue weighted by Crippen LogP contribution is 2.54. The molecule has 1 spiro atoms. The Bertz CT molecular complexity index is 1050. The summed E-state index contributed by atoms with van der Waals surface area (Å²) in [4.78, 5) is 19.4. The lowest BCUT2D eigenvalue weighted by Gasteiger charge is -2.44. The van der Waals surface area contributed by atoms with Crippen molar-refractivity contribution in [2.45, 2.75) is 76.0 Å². The van der Waals surface area contributed by atoms with Gasteiger partial charge in [-0.3, -0.25) is 9.63 Å². The van der Waals surface area contributed by atoms with E-state index in [0.29, 0.717) is 25.7 Å². The average molecular weight is 494 g/mol. The topological polar surface area (TPSA) is 77.0 Å². The number of hydrogen-bond acceptors (Lipinski definition) is 6. The number of hydroxylamine groups is 1. The summed E-state index contributed by atoms with van der Waals surface area (Å²) in [5, 5.41) is 10.4. The zero-order chi connectivity index (χ0) is 25.4. The van der Waals surface area contributed by atoms with Crippen LogP contribution in [-0.4, -0.2) is 28.6 Å². The zero-order valence-corrected chi connectivity index (χ0v) is 19.9. The van der Waals surface area contributed by atoms with Gasteiger partial charge in [0.15, 0.2) is 0 Å². The summed E-state index contributed by atoms with van der Waals surface area (Å²) in [5.41, 5.74) is 2.61. The molecule has 2 aromatic rings. The number of phenols is 1. The summed E-state index contributed by atoms with van der Waals surface area (Å²) in [5.74, 6) is -1.71. The molecule has 9 heteroatoms. The van der Waals surface area contributed by atoms with Crippen LogP contribution >= 0.6 is 0 Å². The number of benzene rings is 2. The zero-order valence-electron chi connectivity index (χ0n) is 19.9. The van der Waals surface area contributed by atoms with Crippen LogP contribution < -0.4 is 10.2 Å². The SMILES string of the molecule is CC(C)(C)OC(=O)C1CCC[C@@]2(C[C@H](c3cc(OC(F)(F)F)ccc3O)NO2)[C@@H]1c1ccccc1. The molecule has 0 aromatic heterocycles. The van der Waals surface area contributed by atoms with E-state index < -0.39 is 35.3 Å². The number of halogens is 3. The van der Waals surface area contributed by atoms with Crippen LogP contribution in [0.15, 0.2) is 48.5 Å². The Morgan fingerprint density at radius 2 is 1.86 bits per heavy atom. The van der Waals surface area contributed by atoms with Gasteiger partial charge in [0, 0.05) is 17.9 Å². The van der Waals surface area contributed by atoms with Crippen molar-refractivity contribution in [2.75, 3.05) is 0 Å². The Morgan fingerprint density at radius 1 is 1.14 bits per heavy atom.